The van der Waals surface area contributed by atoms with Crippen LogP contribution >= 0.6 is 0 Å². The van der Waals surface area contributed by atoms with Crippen LogP contribution in [0.2, 0.25) is 0 Å². The summed E-state index contributed by atoms with van der Waals surface area (Å²) in [6.45, 7) is 4.94. The molecule has 0 spiro atoms. The highest BCUT2D eigenvalue weighted by Crippen LogP contribution is 2.18. The zero-order valence-corrected chi connectivity index (χ0v) is 49.8. The molecule has 0 aromatic carbocycles. The number of aliphatic hydroxyl groups is 2. The molecule has 6 nitrogen and oxygen atoms in total. The highest BCUT2D eigenvalue weighted by Gasteiger charge is 2.20. The Morgan fingerprint density at radius 1 is 0.378 bits per heavy atom. The van der Waals surface area contributed by atoms with Crippen molar-refractivity contribution in [2.75, 3.05) is 13.2 Å². The highest BCUT2D eigenvalue weighted by atomic mass is 16.5. The monoisotopic (exact) mass is 1040 g/mol. The summed E-state index contributed by atoms with van der Waals surface area (Å²) in [7, 11) is 0. The summed E-state index contributed by atoms with van der Waals surface area (Å²) in [6.07, 6.45) is 80.3. The van der Waals surface area contributed by atoms with Gasteiger partial charge in [-0.25, -0.2) is 0 Å². The number of hydrogen-bond acceptors (Lipinski definition) is 5. The van der Waals surface area contributed by atoms with Gasteiger partial charge in [-0.1, -0.05) is 301 Å². The molecular formula is C68H129NO5. The van der Waals surface area contributed by atoms with Gasteiger partial charge in [0.1, 0.15) is 0 Å². The molecule has 0 heterocycles. The van der Waals surface area contributed by atoms with Crippen LogP contribution < -0.4 is 5.32 Å². The van der Waals surface area contributed by atoms with Crippen molar-refractivity contribution in [3.05, 3.63) is 36.5 Å². The number of ether oxygens (including phenoxy) is 1. The molecule has 0 aliphatic rings. The number of esters is 1. The zero-order chi connectivity index (χ0) is 53.6. The van der Waals surface area contributed by atoms with Crippen molar-refractivity contribution in [2.24, 2.45) is 0 Å². The lowest BCUT2D eigenvalue weighted by atomic mass is 10.0. The van der Waals surface area contributed by atoms with Crippen molar-refractivity contribution in [2.45, 2.75) is 373 Å². The standard InChI is InChI=1S/C68H129NO5/c1-3-5-7-9-11-13-15-17-18-19-20-28-31-34-37-40-44-48-52-56-60-66(71)65(64-70)69-67(72)61-57-53-49-45-41-38-35-32-29-26-24-22-21-23-25-27-30-33-36-39-43-47-51-55-59-63-74-68(73)62-58-54-50-46-42-16-14-12-10-8-6-4-2/h12,14,22-25,65-66,70-71H,3-11,13,15-21,26-64H2,1-2H3,(H,69,72)/b14-12-,24-22-,25-23-. The average Bonchev–Trinajstić information content (AvgIpc) is 3.40. The largest absolute Gasteiger partial charge is 0.466 e. The average molecular weight is 1040 g/mol. The number of aliphatic hydroxyl groups excluding tert-OH is 2. The summed E-state index contributed by atoms with van der Waals surface area (Å²) in [5, 5.41) is 23.4. The molecule has 2 unspecified atom stereocenters. The molecule has 3 N–H and O–H groups in total. The third-order valence-corrected chi connectivity index (χ3v) is 15.4. The van der Waals surface area contributed by atoms with Gasteiger partial charge in [0, 0.05) is 12.8 Å². The van der Waals surface area contributed by atoms with E-state index in [1.54, 1.807) is 0 Å². The zero-order valence-electron chi connectivity index (χ0n) is 49.8. The van der Waals surface area contributed by atoms with Gasteiger partial charge in [-0.2, -0.15) is 0 Å². The summed E-state index contributed by atoms with van der Waals surface area (Å²) in [4.78, 5) is 24.5. The van der Waals surface area contributed by atoms with Gasteiger partial charge in [-0.3, -0.25) is 9.59 Å². The van der Waals surface area contributed by atoms with Crippen LogP contribution in [0.3, 0.4) is 0 Å². The van der Waals surface area contributed by atoms with E-state index in [2.05, 4.69) is 55.6 Å². The Bertz CT molecular complexity index is 1200. The third kappa shape index (κ3) is 59.3. The maximum absolute atomic E-state index is 12.5. The first-order valence-electron chi connectivity index (χ1n) is 33.2. The first-order chi connectivity index (χ1) is 36.5. The smallest absolute Gasteiger partial charge is 0.305 e. The summed E-state index contributed by atoms with van der Waals surface area (Å²) in [5.41, 5.74) is 0. The molecule has 74 heavy (non-hydrogen) atoms. The fourth-order valence-electron chi connectivity index (χ4n) is 10.3. The van der Waals surface area contributed by atoms with Gasteiger partial charge < -0.3 is 20.3 Å². The van der Waals surface area contributed by atoms with E-state index < -0.39 is 12.1 Å². The van der Waals surface area contributed by atoms with Crippen molar-refractivity contribution in [1.29, 1.82) is 0 Å². The number of amides is 1. The molecule has 6 heteroatoms. The van der Waals surface area contributed by atoms with Gasteiger partial charge >= 0.3 is 5.97 Å². The van der Waals surface area contributed by atoms with Crippen LogP contribution in [-0.2, 0) is 14.3 Å². The molecule has 1 amide bonds. The topological polar surface area (TPSA) is 95.9 Å². The number of carbonyl (C=O) groups excluding carboxylic acids is 2. The fraction of sp³-hybridized carbons (Fsp3) is 0.882. The van der Waals surface area contributed by atoms with Crippen LogP contribution in [0.5, 0.6) is 0 Å². The van der Waals surface area contributed by atoms with Gasteiger partial charge in [0.15, 0.2) is 0 Å². The van der Waals surface area contributed by atoms with Gasteiger partial charge in [0.2, 0.25) is 5.91 Å². The van der Waals surface area contributed by atoms with Crippen molar-refractivity contribution in [3.8, 4) is 0 Å². The normalized spacial score (nSPS) is 12.8. The van der Waals surface area contributed by atoms with Gasteiger partial charge in [0.25, 0.3) is 0 Å². The Kier molecular flexibility index (Phi) is 62.0. The Morgan fingerprint density at radius 2 is 0.676 bits per heavy atom. The Balaban J connectivity index is 3.44. The summed E-state index contributed by atoms with van der Waals surface area (Å²) in [6, 6.07) is -0.547. The molecular weight excluding hydrogens is 911 g/mol. The second-order valence-electron chi connectivity index (χ2n) is 22.8. The lowest BCUT2D eigenvalue weighted by molar-refractivity contribution is -0.143. The van der Waals surface area contributed by atoms with Crippen LogP contribution in [0.15, 0.2) is 36.5 Å². The maximum Gasteiger partial charge on any atom is 0.305 e. The second-order valence-corrected chi connectivity index (χ2v) is 22.8. The molecule has 0 saturated heterocycles. The molecule has 0 aromatic rings. The maximum atomic E-state index is 12.5. The van der Waals surface area contributed by atoms with Crippen LogP contribution in [0.25, 0.3) is 0 Å². The molecule has 0 aromatic heterocycles. The molecule has 0 bridgehead atoms. The van der Waals surface area contributed by atoms with Crippen LogP contribution in [-0.4, -0.2) is 47.4 Å². The van der Waals surface area contributed by atoms with E-state index in [1.807, 2.05) is 0 Å². The minimum Gasteiger partial charge on any atom is -0.466 e. The van der Waals surface area contributed by atoms with Gasteiger partial charge in [0.05, 0.1) is 25.4 Å². The van der Waals surface area contributed by atoms with Crippen molar-refractivity contribution < 1.29 is 24.5 Å². The molecule has 0 aliphatic carbocycles. The number of allylic oxidation sites excluding steroid dienone is 6. The lowest BCUT2D eigenvalue weighted by Crippen LogP contribution is -2.45. The van der Waals surface area contributed by atoms with E-state index in [1.165, 1.54) is 276 Å². The molecule has 0 rings (SSSR count). The predicted molar refractivity (Wildman–Crippen MR) is 324 cm³/mol. The minimum absolute atomic E-state index is 0.000851. The predicted octanol–water partition coefficient (Wildman–Crippen LogP) is 21.1. The van der Waals surface area contributed by atoms with E-state index in [9.17, 15) is 19.8 Å². The highest BCUT2D eigenvalue weighted by molar-refractivity contribution is 5.76. The van der Waals surface area contributed by atoms with E-state index in [4.69, 9.17) is 4.74 Å². The van der Waals surface area contributed by atoms with Crippen molar-refractivity contribution in [1.82, 2.24) is 5.32 Å². The summed E-state index contributed by atoms with van der Waals surface area (Å²) >= 11 is 0. The Labute approximate surface area is 462 Å². The first-order valence-corrected chi connectivity index (χ1v) is 33.2. The summed E-state index contributed by atoms with van der Waals surface area (Å²) in [5.74, 6) is -0.0389. The van der Waals surface area contributed by atoms with E-state index >= 15 is 0 Å². The van der Waals surface area contributed by atoms with E-state index in [0.717, 1.165) is 51.4 Å². The first kappa shape index (κ1) is 72.1. The van der Waals surface area contributed by atoms with Crippen molar-refractivity contribution >= 4 is 11.9 Å². The number of rotatable bonds is 62. The molecule has 2 atom stereocenters. The lowest BCUT2D eigenvalue weighted by Gasteiger charge is -2.22. The minimum atomic E-state index is -0.670. The third-order valence-electron chi connectivity index (χ3n) is 15.4. The summed E-state index contributed by atoms with van der Waals surface area (Å²) < 4.78 is 5.46. The Morgan fingerprint density at radius 3 is 1.07 bits per heavy atom. The molecule has 436 valence electrons. The van der Waals surface area contributed by atoms with E-state index in [-0.39, 0.29) is 18.5 Å². The van der Waals surface area contributed by atoms with Crippen LogP contribution in [0.4, 0.5) is 0 Å². The number of nitrogens with one attached hydrogen (secondary N) is 1. The number of carbonyl (C=O) groups is 2. The van der Waals surface area contributed by atoms with Crippen LogP contribution in [0.1, 0.15) is 361 Å². The van der Waals surface area contributed by atoms with Gasteiger partial charge in [-0.05, 0) is 83.5 Å². The van der Waals surface area contributed by atoms with Crippen LogP contribution in [0, 0.1) is 0 Å². The van der Waals surface area contributed by atoms with E-state index in [0.29, 0.717) is 25.9 Å². The molecule has 0 saturated carbocycles. The molecule has 0 aliphatic heterocycles. The quantitative estimate of drug-likeness (QED) is 0.0320. The Hall–Kier alpha value is -1.92. The number of unbranched alkanes of at least 4 members (excludes halogenated alkanes) is 45. The van der Waals surface area contributed by atoms with Gasteiger partial charge in [-0.15, -0.1) is 0 Å². The molecule has 0 fully saturated rings. The SMILES string of the molecule is CCCCC/C=C\CCCCCCCC(=O)OCCCCCCCCCCC/C=C\C/C=C\CCCCCCCCCCCC(=O)NC(CO)C(O)CCCCCCCCCCCCCCCCCCCCCC. The molecule has 0 radical (unpaired) electrons. The van der Waals surface area contributed by atoms with Crippen molar-refractivity contribution in [3.63, 3.8) is 0 Å². The second kappa shape index (κ2) is 63.6. The fourth-order valence-corrected chi connectivity index (χ4v) is 10.3. The number of hydrogen-bond donors (Lipinski definition) is 3.